The maximum atomic E-state index is 13.3. The predicted octanol–water partition coefficient (Wildman–Crippen LogP) is 3.21. The maximum absolute atomic E-state index is 13.3. The van der Waals surface area contributed by atoms with Gasteiger partial charge in [-0.15, -0.1) is 0 Å². The number of likely N-dealkylation sites (tertiary alicyclic amines) is 1. The average molecular weight is 500 g/mol. The highest BCUT2D eigenvalue weighted by atomic mass is 19.4. The van der Waals surface area contributed by atoms with E-state index in [1.54, 1.807) is 9.58 Å². The molecule has 3 aliphatic heterocycles. The Labute approximate surface area is 198 Å². The van der Waals surface area contributed by atoms with Crippen LogP contribution < -0.4 is 14.8 Å². The lowest BCUT2D eigenvalue weighted by Gasteiger charge is -2.26. The van der Waals surface area contributed by atoms with Gasteiger partial charge in [-0.1, -0.05) is 12.1 Å². The number of hydrogen-bond acceptors (Lipinski definition) is 5. The molecule has 2 atom stereocenters. The Bertz CT molecular complexity index is 1080. The molecule has 3 aliphatic rings. The highest BCUT2D eigenvalue weighted by Crippen LogP contribution is 2.30. The van der Waals surface area contributed by atoms with E-state index in [1.807, 2.05) is 0 Å². The summed E-state index contributed by atoms with van der Waals surface area (Å²) in [5, 5.41) is 7.11. The Morgan fingerprint density at radius 3 is 2.80 bits per heavy atom. The van der Waals surface area contributed by atoms with Crippen molar-refractivity contribution in [2.24, 2.45) is 0 Å². The summed E-state index contributed by atoms with van der Waals surface area (Å²) in [5.41, 5.74) is 0.911. The van der Waals surface area contributed by atoms with Crippen LogP contribution in [0.2, 0.25) is 0 Å². The summed E-state index contributed by atoms with van der Waals surface area (Å²) in [6.45, 7) is 1.27. The average Bonchev–Trinajstić information content (AvgIpc) is 3.43. The lowest BCUT2D eigenvalue weighted by atomic mass is 9.99. The first-order chi connectivity index (χ1) is 16.5. The van der Waals surface area contributed by atoms with E-state index in [0.29, 0.717) is 49.7 Å². The van der Waals surface area contributed by atoms with E-state index >= 15 is 0 Å². The molecule has 0 spiro atoms. The first kappa shape index (κ1) is 23.8. The molecule has 0 aliphatic carbocycles. The zero-order valence-electron chi connectivity index (χ0n) is 18.8. The normalized spacial score (nSPS) is 23.3. The number of nitrogens with one attached hydrogen (secondary N) is 1. The lowest BCUT2D eigenvalue weighted by molar-refractivity contribution is -0.127. The van der Waals surface area contributed by atoms with Crippen LogP contribution in [0.1, 0.15) is 34.5 Å². The van der Waals surface area contributed by atoms with Crippen LogP contribution in [0.5, 0.6) is 11.6 Å². The van der Waals surface area contributed by atoms with Gasteiger partial charge in [-0.05, 0) is 30.0 Å². The second kappa shape index (κ2) is 8.96. The minimum atomic E-state index is -4.30. The van der Waals surface area contributed by atoms with Gasteiger partial charge < -0.3 is 14.8 Å². The molecule has 5 rings (SSSR count). The van der Waals surface area contributed by atoms with Gasteiger partial charge in [0.1, 0.15) is 18.5 Å². The topological polar surface area (TPSA) is 68.6 Å². The zero-order valence-corrected chi connectivity index (χ0v) is 18.8. The van der Waals surface area contributed by atoms with Crippen LogP contribution in [0.25, 0.3) is 0 Å². The number of carbonyl (C=O) groups is 1. The van der Waals surface area contributed by atoms with Crippen molar-refractivity contribution < 1.29 is 36.2 Å². The standard InChI is InChI=1S/C23H25F5N4O3/c24-22(25)4-6-31(13-22)5-3-17-11-32-20(35-17)9-18(30-32)21(33)29-16-8-15-7-14(10-23(26,27)28)1-2-19(15)34-12-16/h1-2,7,9,16-17H,3-6,8,10-13H2,(H,29,33)/t16-,17?/m1/s1. The van der Waals surface area contributed by atoms with Crippen molar-refractivity contribution >= 4 is 5.91 Å². The summed E-state index contributed by atoms with van der Waals surface area (Å²) in [6.07, 6.45) is -4.72. The quantitative estimate of drug-likeness (QED) is 0.618. The van der Waals surface area contributed by atoms with Crippen LogP contribution in [0.4, 0.5) is 22.0 Å². The third-order valence-electron chi connectivity index (χ3n) is 6.43. The van der Waals surface area contributed by atoms with Crippen molar-refractivity contribution in [3.8, 4) is 11.6 Å². The van der Waals surface area contributed by atoms with Crippen LogP contribution in [-0.4, -0.2) is 71.1 Å². The van der Waals surface area contributed by atoms with Gasteiger partial charge in [-0.2, -0.15) is 18.3 Å². The molecule has 1 amide bonds. The summed E-state index contributed by atoms with van der Waals surface area (Å²) < 4.78 is 77.8. The van der Waals surface area contributed by atoms with E-state index < -0.39 is 30.5 Å². The van der Waals surface area contributed by atoms with Gasteiger partial charge in [-0.3, -0.25) is 9.69 Å². The number of hydrogen-bond donors (Lipinski definition) is 1. The van der Waals surface area contributed by atoms with Crippen molar-refractivity contribution in [1.29, 1.82) is 0 Å². The molecule has 1 saturated heterocycles. The van der Waals surface area contributed by atoms with E-state index in [4.69, 9.17) is 9.47 Å². The molecule has 4 heterocycles. The second-order valence-electron chi connectivity index (χ2n) is 9.38. The van der Waals surface area contributed by atoms with Crippen molar-refractivity contribution in [3.63, 3.8) is 0 Å². The third-order valence-corrected chi connectivity index (χ3v) is 6.43. The Kier molecular flexibility index (Phi) is 6.10. The monoisotopic (exact) mass is 500 g/mol. The van der Waals surface area contributed by atoms with Crippen LogP contribution in [0, 0.1) is 0 Å². The summed E-state index contributed by atoms with van der Waals surface area (Å²) >= 11 is 0. The number of alkyl halides is 5. The first-order valence-corrected chi connectivity index (χ1v) is 11.5. The number of amides is 1. The number of benzene rings is 1. The molecule has 1 N–H and O–H groups in total. The predicted molar refractivity (Wildman–Crippen MR) is 114 cm³/mol. The Morgan fingerprint density at radius 2 is 2.09 bits per heavy atom. The molecule has 1 aromatic carbocycles. The number of rotatable bonds is 6. The zero-order chi connectivity index (χ0) is 24.8. The van der Waals surface area contributed by atoms with Crippen molar-refractivity contribution in [2.45, 2.75) is 56.5 Å². The molecule has 0 saturated carbocycles. The second-order valence-corrected chi connectivity index (χ2v) is 9.38. The molecule has 2 aromatic rings. The SMILES string of the molecule is O=C(N[C@H]1COc2ccc(CC(F)(F)F)cc2C1)c1cc2n(n1)CC(CCN1CCC(F)(F)C1)O2. The van der Waals surface area contributed by atoms with Gasteiger partial charge in [0.25, 0.3) is 11.8 Å². The Balaban J connectivity index is 1.13. The fraction of sp³-hybridized carbons (Fsp3) is 0.565. The Hall–Kier alpha value is -2.89. The fourth-order valence-corrected chi connectivity index (χ4v) is 4.75. The maximum Gasteiger partial charge on any atom is 0.393 e. The number of ether oxygens (including phenoxy) is 2. The fourth-order valence-electron chi connectivity index (χ4n) is 4.75. The molecule has 0 bridgehead atoms. The van der Waals surface area contributed by atoms with Gasteiger partial charge in [0, 0.05) is 25.6 Å². The minimum Gasteiger partial charge on any atom is -0.491 e. The van der Waals surface area contributed by atoms with Crippen molar-refractivity contribution in [3.05, 3.63) is 41.1 Å². The smallest absolute Gasteiger partial charge is 0.393 e. The molecule has 0 radical (unpaired) electrons. The van der Waals surface area contributed by atoms with E-state index in [1.165, 1.54) is 24.3 Å². The molecule has 190 valence electrons. The largest absolute Gasteiger partial charge is 0.491 e. The van der Waals surface area contributed by atoms with E-state index in [0.717, 1.165) is 0 Å². The minimum absolute atomic E-state index is 0.120. The molecular weight excluding hydrogens is 475 g/mol. The summed E-state index contributed by atoms with van der Waals surface area (Å²) in [6, 6.07) is 5.49. The van der Waals surface area contributed by atoms with Crippen molar-refractivity contribution in [2.75, 3.05) is 26.2 Å². The molecular formula is C23H25F5N4O3. The lowest BCUT2D eigenvalue weighted by Crippen LogP contribution is -2.43. The van der Waals surface area contributed by atoms with Crippen LogP contribution in [-0.2, 0) is 19.4 Å². The molecule has 1 aromatic heterocycles. The number of nitrogens with zero attached hydrogens (tertiary/aromatic N) is 3. The molecule has 7 nitrogen and oxygen atoms in total. The number of fused-ring (bicyclic) bond motifs is 2. The molecule has 12 heteroatoms. The third kappa shape index (κ3) is 5.68. The van der Waals surface area contributed by atoms with Crippen molar-refractivity contribution in [1.82, 2.24) is 20.0 Å². The number of halogens is 5. The molecule has 1 unspecified atom stereocenters. The highest BCUT2D eigenvalue weighted by molar-refractivity contribution is 5.92. The summed E-state index contributed by atoms with van der Waals surface area (Å²) in [4.78, 5) is 14.4. The number of aromatic nitrogens is 2. The van der Waals surface area contributed by atoms with Gasteiger partial charge >= 0.3 is 6.18 Å². The first-order valence-electron chi connectivity index (χ1n) is 11.5. The van der Waals surface area contributed by atoms with Crippen LogP contribution in [0.15, 0.2) is 24.3 Å². The van der Waals surface area contributed by atoms with Gasteiger partial charge in [0.2, 0.25) is 5.88 Å². The molecule has 35 heavy (non-hydrogen) atoms. The Morgan fingerprint density at radius 1 is 1.26 bits per heavy atom. The van der Waals surface area contributed by atoms with E-state index in [-0.39, 0.29) is 36.9 Å². The number of carbonyl (C=O) groups excluding carboxylic acids is 1. The van der Waals surface area contributed by atoms with Crippen LogP contribution >= 0.6 is 0 Å². The van der Waals surface area contributed by atoms with Gasteiger partial charge in [0.05, 0.1) is 25.6 Å². The highest BCUT2D eigenvalue weighted by Gasteiger charge is 2.38. The molecule has 1 fully saturated rings. The van der Waals surface area contributed by atoms with E-state index in [2.05, 4.69) is 10.4 Å². The van der Waals surface area contributed by atoms with Gasteiger partial charge in [-0.25, -0.2) is 13.5 Å². The van der Waals surface area contributed by atoms with Gasteiger partial charge in [0.15, 0.2) is 5.69 Å². The van der Waals surface area contributed by atoms with Crippen LogP contribution in [0.3, 0.4) is 0 Å². The summed E-state index contributed by atoms with van der Waals surface area (Å²) in [7, 11) is 0. The summed E-state index contributed by atoms with van der Waals surface area (Å²) in [5.74, 6) is -2.11. The van der Waals surface area contributed by atoms with E-state index in [9.17, 15) is 26.7 Å².